The Morgan fingerprint density at radius 3 is 1.69 bits per heavy atom. The number of allylic oxidation sites excluding steroid dienone is 3. The standard InChI is InChI=1S/C98H127N17O24S2/c1-57-80(123)101-58(2)81(124)105-68(47-60-26-14-13-15-27-60)83(126)104-67-31-18-22-41-100-76(117)34-33-66(79(99)122)103-85(128)71(50-64-55-141-75-32-17-16-30-65(64)75)107-84(127)70(49-62-35-45-140-54-62)109-92(136)97(113-88(67)131)40-43-114(56-97)94(138)139-44-23-12-8-7-9-19-36-96(91(135)110-72(51-77(118)119)86(129)106-69(82(125)102-57)48-61-28-24-29-63(46-61)90(133)134)37-20-10-11-21-38-98(39-25-42-115(98)59(3)116)93(137)111-73(52-78(120)121)87(130)108-74(89(132)112-96)53-95(4,5)6/h7-8,11,13-17,21,24,26-30,32,35,45-46,54-55,57-58,66-74H,9-10,12,18-20,22-23,25,31,33-34,36-44,47-53,56H2,1-6H3,(H2,99,122)(H,100,117)(H,101,123)(H,102,125)(H,103,128)(H,104,126)(H,105,124)(H,106,129)(H,107,127)(H,108,130)(H,109,136)(H,110,135)(H,111,137)(H,112,132)(H,113,131)(H,118,119)(H,120,121)(H,133,134)/b8-7+,21-11+/t57-,58-,66-,67-,68-,69-,70-,71-,72-,73-,74-,96+,97-,98-/m0/s1. The Bertz CT molecular complexity index is 5490. The molecule has 7 heterocycles. The van der Waals surface area contributed by atoms with E-state index in [1.54, 1.807) is 104 Å². The van der Waals surface area contributed by atoms with Crippen molar-refractivity contribution in [3.8, 4) is 0 Å². The number of benzene rings is 3. The number of hydrogen-bond donors (Lipinski definition) is 18. The van der Waals surface area contributed by atoms with Crippen molar-refractivity contribution >= 4 is 151 Å². The smallest absolute Gasteiger partial charge is 0.409 e. The van der Waals surface area contributed by atoms with Gasteiger partial charge in [0.1, 0.15) is 83.1 Å². The van der Waals surface area contributed by atoms with Crippen molar-refractivity contribution < 1.29 is 116 Å². The molecule has 19 N–H and O–H groups in total. The Labute approximate surface area is 822 Å². The van der Waals surface area contributed by atoms with Crippen molar-refractivity contribution in [1.29, 1.82) is 0 Å². The molecular weight excluding hydrogens is 1860 g/mol. The van der Waals surface area contributed by atoms with E-state index in [-0.39, 0.29) is 166 Å². The number of nitrogens with one attached hydrogen (secondary N) is 14. The molecule has 760 valence electrons. The molecule has 5 aliphatic rings. The minimum Gasteiger partial charge on any atom is -0.481 e. The highest BCUT2D eigenvalue weighted by Crippen LogP contribution is 2.36. The lowest BCUT2D eigenvalue weighted by Crippen LogP contribution is -2.66. The van der Waals surface area contributed by atoms with Crippen molar-refractivity contribution in [2.24, 2.45) is 11.1 Å². The van der Waals surface area contributed by atoms with Gasteiger partial charge in [0.15, 0.2) is 0 Å². The average molecular weight is 1990 g/mol. The number of nitrogens with two attached hydrogens (primary N) is 1. The van der Waals surface area contributed by atoms with E-state index in [4.69, 9.17) is 10.5 Å². The number of rotatable bonds is 15. The van der Waals surface area contributed by atoms with E-state index in [9.17, 15) is 77.6 Å². The van der Waals surface area contributed by atoms with E-state index in [1.807, 2.05) is 18.2 Å². The van der Waals surface area contributed by atoms with Crippen molar-refractivity contribution in [3.05, 3.63) is 153 Å². The van der Waals surface area contributed by atoms with Crippen LogP contribution in [0.4, 0.5) is 4.79 Å². The average Bonchev–Trinajstić information content (AvgIpc) is 1.66. The van der Waals surface area contributed by atoms with Crippen LogP contribution in [0.15, 0.2) is 125 Å². The number of carbonyl (C=O) groups is 20. The monoisotopic (exact) mass is 1990 g/mol. The molecule has 17 amide bonds. The molecule has 41 nitrogen and oxygen atoms in total. The lowest BCUT2D eigenvalue weighted by atomic mass is 9.83. The Morgan fingerprint density at radius 2 is 1.04 bits per heavy atom. The lowest BCUT2D eigenvalue weighted by molar-refractivity contribution is -0.146. The van der Waals surface area contributed by atoms with Crippen LogP contribution in [0.1, 0.15) is 203 Å². The number of aromatic carboxylic acids is 1. The van der Waals surface area contributed by atoms with Gasteiger partial charge in [-0.25, -0.2) is 9.59 Å². The van der Waals surface area contributed by atoms with E-state index in [1.165, 1.54) is 72.6 Å². The molecule has 14 atom stereocenters. The zero-order valence-corrected chi connectivity index (χ0v) is 81.3. The first-order chi connectivity index (χ1) is 67.0. The summed E-state index contributed by atoms with van der Waals surface area (Å²) < 4.78 is 6.72. The third-order valence-electron chi connectivity index (χ3n) is 25.5. The van der Waals surface area contributed by atoms with Crippen LogP contribution in [0.2, 0.25) is 0 Å². The molecule has 5 aliphatic heterocycles. The van der Waals surface area contributed by atoms with Gasteiger partial charge in [0, 0.05) is 63.4 Å². The maximum atomic E-state index is 16.0. The summed E-state index contributed by atoms with van der Waals surface area (Å²) in [5, 5.41) is 74.4. The minimum absolute atomic E-state index is 0.00944. The van der Waals surface area contributed by atoms with E-state index >= 15 is 33.6 Å². The van der Waals surface area contributed by atoms with Gasteiger partial charge in [0.25, 0.3) is 0 Å². The van der Waals surface area contributed by atoms with Crippen LogP contribution in [-0.4, -0.2) is 259 Å². The number of carboxylic acids is 3. The zero-order valence-electron chi connectivity index (χ0n) is 79.7. The SMILES string of the molecule is CC(=O)N1CCC[C@]12C/C=C/CCC[C@@]1(CCC/C=C/CCCOC(=O)N3CC[C@@]4(C3)NC(=O)[C@H](CCCCNC(=O)CC[C@@H](C(N)=O)NC(=O)[C@H](Cc3csc5ccccc35)NC(=O)[C@H](Cc3ccsc3)NC4=O)NC(=O)[C@H](Cc3ccccc3)NC(=O)[C@H](C)NC(=O)[C@H](C)NC(=O)[C@H](Cc3cccc(C(=O)O)c3)NC(=O)[C@H](CC(=O)O)NC1=O)NC(=O)[C@H](CC(C)(C)C)NC(=O)[C@H](CC(=O)O)NC2=O. The molecule has 0 saturated carbocycles. The summed E-state index contributed by atoms with van der Waals surface area (Å²) in [5.41, 5.74) is 0.498. The van der Waals surface area contributed by atoms with Gasteiger partial charge in [-0.1, -0.05) is 106 Å². The van der Waals surface area contributed by atoms with Gasteiger partial charge >= 0.3 is 24.0 Å². The summed E-state index contributed by atoms with van der Waals surface area (Å²) in [7, 11) is 0. The topological polar surface area (TPSA) is 612 Å². The predicted octanol–water partition coefficient (Wildman–Crippen LogP) is 2.84. The molecule has 10 rings (SSSR count). The maximum absolute atomic E-state index is 16.0. The maximum Gasteiger partial charge on any atom is 0.409 e. The molecule has 5 aromatic rings. The van der Waals surface area contributed by atoms with E-state index in [2.05, 4.69) is 74.4 Å². The van der Waals surface area contributed by atoms with Crippen molar-refractivity contribution in [2.75, 3.05) is 32.8 Å². The molecule has 3 aromatic carbocycles. The second-order valence-corrected chi connectivity index (χ2v) is 39.3. The highest BCUT2D eigenvalue weighted by molar-refractivity contribution is 7.17. The lowest BCUT2D eigenvalue weighted by Gasteiger charge is -2.38. The number of primary amides is 1. The summed E-state index contributed by atoms with van der Waals surface area (Å²) in [5.74, 6) is -20.1. The first kappa shape index (κ1) is 109. The molecule has 0 radical (unpaired) electrons. The second kappa shape index (κ2) is 50.7. The Kier molecular flexibility index (Phi) is 39.2. The summed E-state index contributed by atoms with van der Waals surface area (Å²) in [4.78, 5) is 293. The van der Waals surface area contributed by atoms with Gasteiger partial charge < -0.3 is 110 Å². The fraction of sp³-hybridized carbons (Fsp3) is 0.510. The van der Waals surface area contributed by atoms with Gasteiger partial charge in [-0.15, -0.1) is 11.3 Å². The molecule has 3 bridgehead atoms. The molecule has 3 fully saturated rings. The number of carbonyl (C=O) groups excluding carboxylic acids is 17. The highest BCUT2D eigenvalue weighted by atomic mass is 32.1. The number of carboxylic acid groups (broad SMARTS) is 3. The van der Waals surface area contributed by atoms with Crippen LogP contribution in [0.25, 0.3) is 10.1 Å². The van der Waals surface area contributed by atoms with Crippen LogP contribution < -0.4 is 80.2 Å². The molecule has 141 heavy (non-hydrogen) atoms. The number of aliphatic carboxylic acids is 2. The van der Waals surface area contributed by atoms with Gasteiger partial charge in [0.2, 0.25) is 94.5 Å². The number of cyclic esters (lactones) is 1. The van der Waals surface area contributed by atoms with Gasteiger partial charge in [-0.05, 0) is 196 Å². The Morgan fingerprint density at radius 1 is 0.496 bits per heavy atom. The number of likely N-dealkylation sites (tertiary alicyclic amines) is 1. The highest BCUT2D eigenvalue weighted by Gasteiger charge is 2.53. The summed E-state index contributed by atoms with van der Waals surface area (Å²) in [6.45, 7) is 7.78. The number of thiophene rings is 2. The molecule has 3 spiro atoms. The molecule has 3 saturated heterocycles. The quantitative estimate of drug-likeness (QED) is 0.0670. The summed E-state index contributed by atoms with van der Waals surface area (Å²) in [6.07, 6.45) is 1.43. The Balaban J connectivity index is 1.03. The van der Waals surface area contributed by atoms with E-state index in [0.29, 0.717) is 23.1 Å². The molecule has 0 aliphatic carbocycles. The van der Waals surface area contributed by atoms with Crippen LogP contribution >= 0.6 is 22.7 Å². The minimum atomic E-state index is -2.20. The Hall–Kier alpha value is -14.0. The van der Waals surface area contributed by atoms with Gasteiger partial charge in [-0.2, -0.15) is 11.3 Å². The fourth-order valence-corrected chi connectivity index (χ4v) is 19.5. The largest absolute Gasteiger partial charge is 0.481 e. The van der Waals surface area contributed by atoms with E-state index < -0.39 is 233 Å². The summed E-state index contributed by atoms with van der Waals surface area (Å²) in [6, 6.07) is 3.99. The number of nitrogens with zero attached hydrogens (tertiary/aromatic N) is 2. The van der Waals surface area contributed by atoms with Crippen LogP contribution in [0.5, 0.6) is 0 Å². The van der Waals surface area contributed by atoms with Crippen LogP contribution in [0, 0.1) is 5.41 Å². The first-order valence-corrected chi connectivity index (χ1v) is 49.2. The third kappa shape index (κ3) is 31.2. The summed E-state index contributed by atoms with van der Waals surface area (Å²) >= 11 is 2.65. The second-order valence-electron chi connectivity index (χ2n) is 37.7. The number of hydrogen-bond acceptors (Lipinski definition) is 23. The fourth-order valence-electron chi connectivity index (χ4n) is 17.8. The van der Waals surface area contributed by atoms with Crippen molar-refractivity contribution in [3.63, 3.8) is 0 Å². The molecule has 0 unspecified atom stereocenters. The molecular formula is C98H127N17O24S2. The number of fused-ring (bicyclic) bond motifs is 4. The van der Waals surface area contributed by atoms with Crippen molar-refractivity contribution in [2.45, 2.75) is 279 Å². The van der Waals surface area contributed by atoms with E-state index in [0.717, 1.165) is 15.0 Å². The predicted molar refractivity (Wildman–Crippen MR) is 516 cm³/mol. The zero-order chi connectivity index (χ0) is 102. The normalized spacial score (nSPS) is 27.2. The first-order valence-electron chi connectivity index (χ1n) is 47.4. The van der Waals surface area contributed by atoms with Gasteiger partial charge in [-0.3, -0.25) is 86.3 Å². The van der Waals surface area contributed by atoms with Crippen LogP contribution in [-0.2, 0) is 117 Å². The number of amides is 17. The third-order valence-corrected chi connectivity index (χ3v) is 27.2. The molecule has 2 aromatic heterocycles. The van der Waals surface area contributed by atoms with Crippen LogP contribution in [0.3, 0.4) is 0 Å². The molecule has 43 heteroatoms. The van der Waals surface area contributed by atoms with Crippen molar-refractivity contribution in [1.82, 2.24) is 84.2 Å². The number of ether oxygens (including phenoxy) is 1. The van der Waals surface area contributed by atoms with Gasteiger partial charge in [0.05, 0.1) is 31.6 Å².